The Bertz CT molecular complexity index is 1330. The number of nitrogens with one attached hydrogen (secondary N) is 1. The van der Waals surface area contributed by atoms with Gasteiger partial charge in [0.2, 0.25) is 11.8 Å². The predicted molar refractivity (Wildman–Crippen MR) is 139 cm³/mol. The van der Waals surface area contributed by atoms with Crippen LogP contribution in [0.25, 0.3) is 0 Å². The Balaban J connectivity index is 1.86. The Morgan fingerprint density at radius 1 is 1.00 bits per heavy atom. The van der Waals surface area contributed by atoms with Crippen LogP contribution in [0.15, 0.2) is 70.2 Å². The molecule has 10 heteroatoms. The lowest BCUT2D eigenvalue weighted by atomic mass is 9.91. The molecule has 0 unspecified atom stereocenters. The Hall–Kier alpha value is -3.79. The lowest BCUT2D eigenvalue weighted by Gasteiger charge is -2.26. The molecule has 0 bridgehead atoms. The number of hydrogen-bond acceptors (Lipinski definition) is 7. The zero-order valence-corrected chi connectivity index (χ0v) is 22.4. The second-order valence-electron chi connectivity index (χ2n) is 9.79. The normalized spacial score (nSPS) is 11.6. The van der Waals surface area contributed by atoms with E-state index in [9.17, 15) is 18.0 Å². The van der Waals surface area contributed by atoms with Gasteiger partial charge in [0.15, 0.2) is 11.5 Å². The number of furan rings is 1. The van der Waals surface area contributed by atoms with Gasteiger partial charge in [-0.15, -0.1) is 0 Å². The van der Waals surface area contributed by atoms with Crippen molar-refractivity contribution >= 4 is 27.6 Å². The topological polar surface area (TPSA) is 115 Å². The monoisotopic (exact) mass is 528 g/mol. The molecular weight excluding hydrogens is 496 g/mol. The van der Waals surface area contributed by atoms with Crippen molar-refractivity contribution in [3.05, 3.63) is 72.2 Å². The summed E-state index contributed by atoms with van der Waals surface area (Å²) in [5.74, 6) is 0.523. The average Bonchev–Trinajstić information content (AvgIpc) is 3.31. The van der Waals surface area contributed by atoms with Gasteiger partial charge in [-0.25, -0.2) is 0 Å². The summed E-state index contributed by atoms with van der Waals surface area (Å²) in [5.41, 5.74) is 0.902. The lowest BCUT2D eigenvalue weighted by Crippen LogP contribution is -2.32. The van der Waals surface area contributed by atoms with Crippen LogP contribution in [0.2, 0.25) is 0 Å². The average molecular weight is 529 g/mol. The van der Waals surface area contributed by atoms with Crippen molar-refractivity contribution in [1.82, 2.24) is 4.90 Å². The molecule has 0 saturated carbocycles. The van der Waals surface area contributed by atoms with E-state index in [-0.39, 0.29) is 46.7 Å². The molecule has 198 valence electrons. The number of methoxy groups -OCH3 is 1. The molecule has 0 aliphatic heterocycles. The van der Waals surface area contributed by atoms with Crippen molar-refractivity contribution in [2.75, 3.05) is 12.4 Å². The fourth-order valence-corrected chi connectivity index (χ4v) is 4.50. The van der Waals surface area contributed by atoms with Crippen LogP contribution in [-0.4, -0.2) is 32.2 Å². The van der Waals surface area contributed by atoms with Crippen LogP contribution in [0.5, 0.6) is 11.5 Å². The minimum absolute atomic E-state index is 0.00726. The molecular formula is C27H32N2O7S. The molecule has 0 aliphatic carbocycles. The first kappa shape index (κ1) is 27.8. The van der Waals surface area contributed by atoms with Gasteiger partial charge in [0.25, 0.3) is 0 Å². The largest absolute Gasteiger partial charge is 0.493 e. The maximum Gasteiger partial charge on any atom is 0.339 e. The van der Waals surface area contributed by atoms with Gasteiger partial charge in [0, 0.05) is 25.6 Å². The number of carbonyl (C=O) groups is 2. The highest BCUT2D eigenvalue weighted by atomic mass is 32.2. The molecule has 2 aromatic carbocycles. The van der Waals surface area contributed by atoms with Crippen molar-refractivity contribution in [3.8, 4) is 11.5 Å². The summed E-state index contributed by atoms with van der Waals surface area (Å²) in [6, 6.07) is 14.1. The third kappa shape index (κ3) is 8.11. The molecule has 0 fully saturated rings. The number of amides is 2. The molecule has 2 amide bonds. The molecule has 1 N–H and O–H groups in total. The highest BCUT2D eigenvalue weighted by Crippen LogP contribution is 2.32. The van der Waals surface area contributed by atoms with Crippen molar-refractivity contribution in [2.45, 2.75) is 52.1 Å². The number of rotatable bonds is 10. The van der Waals surface area contributed by atoms with Gasteiger partial charge in [-0.3, -0.25) is 9.59 Å². The molecule has 0 aliphatic rings. The Morgan fingerprint density at radius 2 is 1.70 bits per heavy atom. The van der Waals surface area contributed by atoms with Gasteiger partial charge in [0.1, 0.15) is 10.7 Å². The number of carbonyl (C=O) groups excluding carboxylic acids is 2. The summed E-state index contributed by atoms with van der Waals surface area (Å²) in [4.78, 5) is 25.9. The van der Waals surface area contributed by atoms with Crippen LogP contribution in [0.1, 0.15) is 45.4 Å². The molecule has 0 atom stereocenters. The Kier molecular flexibility index (Phi) is 8.65. The smallest absolute Gasteiger partial charge is 0.339 e. The van der Waals surface area contributed by atoms with Gasteiger partial charge < -0.3 is 23.6 Å². The van der Waals surface area contributed by atoms with E-state index in [0.717, 1.165) is 0 Å². The molecule has 0 spiro atoms. The second-order valence-corrected chi connectivity index (χ2v) is 11.3. The first-order valence-corrected chi connectivity index (χ1v) is 13.1. The SMILES string of the molecule is COc1ccc(CN(Cc2ccco2)C(=O)CC(C)(C)C)cc1OS(=O)(=O)c1ccc(NC(C)=O)cc1. The third-order valence-electron chi connectivity index (χ3n) is 5.23. The van der Waals surface area contributed by atoms with Crippen LogP contribution in [0.4, 0.5) is 5.69 Å². The summed E-state index contributed by atoms with van der Waals surface area (Å²) in [6.07, 6.45) is 1.88. The second kappa shape index (κ2) is 11.5. The molecule has 3 aromatic rings. The van der Waals surface area contributed by atoms with E-state index < -0.39 is 10.1 Å². The van der Waals surface area contributed by atoms with E-state index in [4.69, 9.17) is 13.3 Å². The van der Waals surface area contributed by atoms with Crippen molar-refractivity contribution in [1.29, 1.82) is 0 Å². The van der Waals surface area contributed by atoms with Crippen LogP contribution in [0, 0.1) is 5.41 Å². The summed E-state index contributed by atoms with van der Waals surface area (Å²) in [5, 5.41) is 2.58. The molecule has 1 aromatic heterocycles. The van der Waals surface area contributed by atoms with Gasteiger partial charge in [-0.05, 0) is 59.5 Å². The number of nitrogens with zero attached hydrogens (tertiary/aromatic N) is 1. The molecule has 1 heterocycles. The fourth-order valence-electron chi connectivity index (χ4n) is 3.57. The number of benzene rings is 2. The zero-order valence-electron chi connectivity index (χ0n) is 21.6. The zero-order chi connectivity index (χ0) is 27.2. The minimum atomic E-state index is -4.21. The fraction of sp³-hybridized carbons (Fsp3) is 0.333. The third-order valence-corrected chi connectivity index (χ3v) is 6.47. The highest BCUT2D eigenvalue weighted by Gasteiger charge is 2.24. The maximum absolute atomic E-state index is 13.1. The summed E-state index contributed by atoms with van der Waals surface area (Å²) in [7, 11) is -2.80. The lowest BCUT2D eigenvalue weighted by molar-refractivity contribution is -0.134. The van der Waals surface area contributed by atoms with Crippen LogP contribution < -0.4 is 14.2 Å². The van der Waals surface area contributed by atoms with Crippen LogP contribution >= 0.6 is 0 Å². The van der Waals surface area contributed by atoms with E-state index in [0.29, 0.717) is 23.4 Å². The number of ether oxygens (including phenoxy) is 1. The summed E-state index contributed by atoms with van der Waals surface area (Å²) >= 11 is 0. The summed E-state index contributed by atoms with van der Waals surface area (Å²) < 4.78 is 42.1. The minimum Gasteiger partial charge on any atom is -0.493 e. The van der Waals surface area contributed by atoms with E-state index >= 15 is 0 Å². The number of hydrogen-bond donors (Lipinski definition) is 1. The van der Waals surface area contributed by atoms with E-state index in [1.54, 1.807) is 41.5 Å². The maximum atomic E-state index is 13.1. The van der Waals surface area contributed by atoms with Gasteiger partial charge in [0.05, 0.1) is 19.9 Å². The predicted octanol–water partition coefficient (Wildman–Crippen LogP) is 4.98. The van der Waals surface area contributed by atoms with E-state index in [1.807, 2.05) is 20.8 Å². The number of anilines is 1. The molecule has 9 nitrogen and oxygen atoms in total. The van der Waals surface area contributed by atoms with E-state index in [1.165, 1.54) is 38.3 Å². The quantitative estimate of drug-likeness (QED) is 0.369. The van der Waals surface area contributed by atoms with Gasteiger partial charge >= 0.3 is 10.1 Å². The van der Waals surface area contributed by atoms with Gasteiger partial charge in [-0.1, -0.05) is 26.8 Å². The van der Waals surface area contributed by atoms with Gasteiger partial charge in [-0.2, -0.15) is 8.42 Å². The van der Waals surface area contributed by atoms with Crippen molar-refractivity contribution in [2.24, 2.45) is 5.41 Å². The van der Waals surface area contributed by atoms with E-state index in [2.05, 4.69) is 5.32 Å². The standard InChI is InChI=1S/C27H32N2O7S/c1-19(30)28-21-9-11-23(12-10-21)37(32,33)36-25-15-20(8-13-24(25)34-5)17-29(18-22-7-6-14-35-22)26(31)16-27(2,3)4/h6-15H,16-18H2,1-5H3,(H,28,30). The molecule has 3 rings (SSSR count). The Labute approximate surface area is 217 Å². The van der Waals surface area contributed by atoms with Crippen LogP contribution in [0.3, 0.4) is 0 Å². The molecule has 37 heavy (non-hydrogen) atoms. The van der Waals surface area contributed by atoms with Crippen LogP contribution in [-0.2, 0) is 32.8 Å². The first-order valence-electron chi connectivity index (χ1n) is 11.7. The highest BCUT2D eigenvalue weighted by molar-refractivity contribution is 7.87. The molecule has 0 radical (unpaired) electrons. The molecule has 0 saturated heterocycles. The van der Waals surface area contributed by atoms with Crippen molar-refractivity contribution < 1.29 is 31.3 Å². The summed E-state index contributed by atoms with van der Waals surface area (Å²) in [6.45, 7) is 7.80. The Morgan fingerprint density at radius 3 is 2.27 bits per heavy atom. The first-order chi connectivity index (χ1) is 17.4. The van der Waals surface area contributed by atoms with Crippen molar-refractivity contribution in [3.63, 3.8) is 0 Å².